The minimum Gasteiger partial charge on any atom is -0.361 e. The summed E-state index contributed by atoms with van der Waals surface area (Å²) in [5.74, 6) is 0. The first-order valence-electron chi connectivity index (χ1n) is 7.29. The lowest BCUT2D eigenvalue weighted by Gasteiger charge is -2.25. The van der Waals surface area contributed by atoms with Crippen molar-refractivity contribution in [2.24, 2.45) is 0 Å². The van der Waals surface area contributed by atoms with Crippen molar-refractivity contribution < 1.29 is 0 Å². The van der Waals surface area contributed by atoms with Crippen LogP contribution in [0.25, 0.3) is 0 Å². The molecular weight excluding hydrogens is 292 g/mol. The summed E-state index contributed by atoms with van der Waals surface area (Å²) in [5.41, 5.74) is 2.38. The van der Waals surface area contributed by atoms with Gasteiger partial charge in [-0.25, -0.2) is 0 Å². The molecule has 1 aromatic heterocycles. The molecule has 1 heterocycles. The van der Waals surface area contributed by atoms with Crippen LogP contribution in [0, 0.1) is 0 Å². The Morgan fingerprint density at radius 3 is 2.55 bits per heavy atom. The fourth-order valence-corrected chi connectivity index (χ4v) is 2.36. The molecule has 4 nitrogen and oxygen atoms in total. The predicted octanol–water partition coefficient (Wildman–Crippen LogP) is 2.35. The topological polar surface area (TPSA) is 40.2 Å². The number of likely N-dealkylation sites (N-methyl/N-ethyl adjacent to an activating group) is 1. The van der Waals surface area contributed by atoms with Gasteiger partial charge in [-0.1, -0.05) is 36.4 Å². The second kappa shape index (κ2) is 8.46. The van der Waals surface area contributed by atoms with E-state index in [2.05, 4.69) is 52.8 Å². The number of benzene rings is 1. The first-order valence-corrected chi connectivity index (χ1v) is 7.69. The molecule has 0 bridgehead atoms. The monoisotopic (exact) mass is 314 g/mol. The van der Waals surface area contributed by atoms with E-state index in [0.29, 0.717) is 5.11 Å². The summed E-state index contributed by atoms with van der Waals surface area (Å²) in [6.07, 6.45) is 3.68. The third kappa shape index (κ3) is 5.09. The Morgan fingerprint density at radius 1 is 1.14 bits per heavy atom. The van der Waals surface area contributed by atoms with Gasteiger partial charge in [0.05, 0.1) is 6.04 Å². The van der Waals surface area contributed by atoms with Crippen LogP contribution in [0.1, 0.15) is 17.2 Å². The van der Waals surface area contributed by atoms with Gasteiger partial charge in [0.2, 0.25) is 0 Å². The molecule has 0 saturated carbocycles. The summed E-state index contributed by atoms with van der Waals surface area (Å²) in [5, 5.41) is 7.18. The largest absolute Gasteiger partial charge is 0.361 e. The minimum absolute atomic E-state index is 0.227. The molecular formula is C17H22N4S. The van der Waals surface area contributed by atoms with Crippen molar-refractivity contribution in [2.45, 2.75) is 12.6 Å². The van der Waals surface area contributed by atoms with E-state index in [1.165, 1.54) is 11.1 Å². The van der Waals surface area contributed by atoms with Crippen LogP contribution in [0.2, 0.25) is 0 Å². The molecule has 2 aromatic rings. The summed E-state index contributed by atoms with van der Waals surface area (Å²) < 4.78 is 0. The van der Waals surface area contributed by atoms with Gasteiger partial charge in [0.25, 0.3) is 0 Å². The minimum atomic E-state index is 0.227. The highest BCUT2D eigenvalue weighted by Gasteiger charge is 2.14. The van der Waals surface area contributed by atoms with E-state index >= 15 is 0 Å². The van der Waals surface area contributed by atoms with Crippen LogP contribution >= 0.6 is 12.2 Å². The number of nitrogens with zero attached hydrogens (tertiary/aromatic N) is 2. The van der Waals surface area contributed by atoms with E-state index in [1.54, 1.807) is 6.20 Å². The molecule has 2 rings (SSSR count). The Bertz CT molecular complexity index is 572. The van der Waals surface area contributed by atoms with Crippen LogP contribution in [0.5, 0.6) is 0 Å². The molecule has 0 radical (unpaired) electrons. The fourth-order valence-electron chi connectivity index (χ4n) is 2.20. The van der Waals surface area contributed by atoms with E-state index < -0.39 is 0 Å². The van der Waals surface area contributed by atoms with Crippen molar-refractivity contribution in [3.63, 3.8) is 0 Å². The molecule has 1 aromatic carbocycles. The number of thiocarbonyl (C=S) groups is 1. The highest BCUT2D eigenvalue weighted by atomic mass is 32.1. The Morgan fingerprint density at radius 2 is 1.91 bits per heavy atom. The molecule has 0 unspecified atom stereocenters. The van der Waals surface area contributed by atoms with Crippen molar-refractivity contribution in [2.75, 3.05) is 20.6 Å². The van der Waals surface area contributed by atoms with Gasteiger partial charge in [-0.3, -0.25) is 4.98 Å². The van der Waals surface area contributed by atoms with E-state index in [-0.39, 0.29) is 6.04 Å². The average molecular weight is 314 g/mol. The zero-order chi connectivity index (χ0) is 15.8. The van der Waals surface area contributed by atoms with Crippen LogP contribution in [0.15, 0.2) is 54.9 Å². The normalized spacial score (nSPS) is 12.0. The number of pyridine rings is 1. The third-order valence-electron chi connectivity index (χ3n) is 3.44. The van der Waals surface area contributed by atoms with Crippen LogP contribution in [0.4, 0.5) is 0 Å². The van der Waals surface area contributed by atoms with Gasteiger partial charge < -0.3 is 15.5 Å². The molecule has 116 valence electrons. The quantitative estimate of drug-likeness (QED) is 0.801. The Balaban J connectivity index is 1.83. The fraction of sp³-hybridized carbons (Fsp3) is 0.294. The van der Waals surface area contributed by atoms with Crippen molar-refractivity contribution in [1.29, 1.82) is 0 Å². The molecule has 2 N–H and O–H groups in total. The van der Waals surface area contributed by atoms with Gasteiger partial charge in [-0.2, -0.15) is 0 Å². The first kappa shape index (κ1) is 16.4. The van der Waals surface area contributed by atoms with E-state index in [9.17, 15) is 0 Å². The summed E-state index contributed by atoms with van der Waals surface area (Å²) >= 11 is 5.35. The SMILES string of the molecule is CN(C)[C@@H](CNC(=S)NCc1ccccc1)c1cccnc1. The third-order valence-corrected chi connectivity index (χ3v) is 3.73. The predicted molar refractivity (Wildman–Crippen MR) is 94.5 cm³/mol. The molecule has 0 spiro atoms. The van der Waals surface area contributed by atoms with Gasteiger partial charge >= 0.3 is 0 Å². The second-order valence-electron chi connectivity index (χ2n) is 5.31. The zero-order valence-corrected chi connectivity index (χ0v) is 13.8. The number of hydrogen-bond donors (Lipinski definition) is 2. The van der Waals surface area contributed by atoms with Crippen LogP contribution in [0.3, 0.4) is 0 Å². The molecule has 0 aliphatic rings. The highest BCUT2D eigenvalue weighted by molar-refractivity contribution is 7.80. The molecule has 0 aliphatic carbocycles. The molecule has 1 atom stereocenters. The van der Waals surface area contributed by atoms with E-state index in [1.807, 2.05) is 30.5 Å². The van der Waals surface area contributed by atoms with E-state index in [4.69, 9.17) is 12.2 Å². The summed E-state index contributed by atoms with van der Waals surface area (Å²) in [6.45, 7) is 1.46. The highest BCUT2D eigenvalue weighted by Crippen LogP contribution is 2.15. The maximum Gasteiger partial charge on any atom is 0.166 e. The van der Waals surface area contributed by atoms with Crippen LogP contribution < -0.4 is 10.6 Å². The zero-order valence-electron chi connectivity index (χ0n) is 13.0. The summed E-state index contributed by atoms with van der Waals surface area (Å²) in [4.78, 5) is 6.34. The van der Waals surface area contributed by atoms with Gasteiger partial charge in [0.15, 0.2) is 5.11 Å². The van der Waals surface area contributed by atoms with Gasteiger partial charge in [-0.05, 0) is 43.5 Å². The number of nitrogens with one attached hydrogen (secondary N) is 2. The smallest absolute Gasteiger partial charge is 0.166 e. The Hall–Kier alpha value is -1.98. The molecule has 22 heavy (non-hydrogen) atoms. The Kier molecular flexibility index (Phi) is 6.30. The van der Waals surface area contributed by atoms with Gasteiger partial charge in [-0.15, -0.1) is 0 Å². The Labute approximate surface area is 137 Å². The standard InChI is InChI=1S/C17H22N4S/c1-21(2)16(15-9-6-10-18-12-15)13-20-17(22)19-11-14-7-4-3-5-8-14/h3-10,12,16H,11,13H2,1-2H3,(H2,19,20,22)/t16-/m0/s1. The van der Waals surface area contributed by atoms with E-state index in [0.717, 1.165) is 13.1 Å². The maximum absolute atomic E-state index is 5.35. The van der Waals surface area contributed by atoms with Gasteiger partial charge in [0, 0.05) is 25.5 Å². The molecule has 0 fully saturated rings. The van der Waals surface area contributed by atoms with Crippen LogP contribution in [-0.4, -0.2) is 35.6 Å². The number of hydrogen-bond acceptors (Lipinski definition) is 3. The molecule has 5 heteroatoms. The van der Waals surface area contributed by atoms with Crippen LogP contribution in [-0.2, 0) is 6.54 Å². The lowest BCUT2D eigenvalue weighted by atomic mass is 10.1. The van der Waals surface area contributed by atoms with Crippen molar-refractivity contribution >= 4 is 17.3 Å². The molecule has 0 aliphatic heterocycles. The summed E-state index contributed by atoms with van der Waals surface area (Å²) in [6, 6.07) is 14.5. The van der Waals surface area contributed by atoms with Crippen molar-refractivity contribution in [3.05, 3.63) is 66.0 Å². The lowest BCUT2D eigenvalue weighted by molar-refractivity contribution is 0.298. The number of rotatable bonds is 6. The average Bonchev–Trinajstić information content (AvgIpc) is 2.55. The second-order valence-corrected chi connectivity index (χ2v) is 5.72. The van der Waals surface area contributed by atoms with Crippen molar-refractivity contribution in [3.8, 4) is 0 Å². The first-order chi connectivity index (χ1) is 10.7. The summed E-state index contributed by atoms with van der Waals surface area (Å²) in [7, 11) is 4.11. The lowest BCUT2D eigenvalue weighted by Crippen LogP contribution is -2.40. The van der Waals surface area contributed by atoms with Crippen molar-refractivity contribution in [1.82, 2.24) is 20.5 Å². The maximum atomic E-state index is 5.35. The molecule has 0 amide bonds. The molecule has 0 saturated heterocycles. The number of aromatic nitrogens is 1. The van der Waals surface area contributed by atoms with Gasteiger partial charge in [0.1, 0.15) is 0 Å².